The second-order valence-electron chi connectivity index (χ2n) is 2.52. The van der Waals surface area contributed by atoms with Crippen LogP contribution in [0.1, 0.15) is 19.3 Å². The molecule has 1 aliphatic rings. The fourth-order valence-corrected chi connectivity index (χ4v) is 1.19. The van der Waals surface area contributed by atoms with E-state index in [0.29, 0.717) is 6.10 Å². The van der Waals surface area contributed by atoms with Gasteiger partial charge in [-0.1, -0.05) is 0 Å². The molecule has 0 saturated carbocycles. The number of ether oxygens (including phenoxy) is 1. The monoisotopic (exact) mass is 145 g/mol. The summed E-state index contributed by atoms with van der Waals surface area (Å²) in [5.74, 6) is 0. The predicted octanol–water partition coefficient (Wildman–Crippen LogP) is 0.706. The van der Waals surface area contributed by atoms with Crippen molar-refractivity contribution in [2.75, 3.05) is 20.3 Å². The average molecular weight is 145 g/mol. The molecule has 1 N–H and O–H groups in total. The molecule has 0 amide bonds. The Morgan fingerprint density at radius 1 is 1.70 bits per heavy atom. The van der Waals surface area contributed by atoms with E-state index in [0.717, 1.165) is 19.6 Å². The molecular weight excluding hydrogens is 130 g/mol. The van der Waals surface area contributed by atoms with E-state index in [9.17, 15) is 0 Å². The van der Waals surface area contributed by atoms with E-state index >= 15 is 0 Å². The van der Waals surface area contributed by atoms with Gasteiger partial charge in [-0.25, -0.2) is 5.48 Å². The maximum Gasteiger partial charge on any atom is 0.0589 e. The summed E-state index contributed by atoms with van der Waals surface area (Å²) in [5.41, 5.74) is 2.80. The van der Waals surface area contributed by atoms with Crippen molar-refractivity contribution in [1.29, 1.82) is 0 Å². The molecule has 1 fully saturated rings. The summed E-state index contributed by atoms with van der Waals surface area (Å²) in [6, 6.07) is 0. The standard InChI is InChI=1S/C7H15NO2/c1-9-8-5-4-7-3-2-6-10-7/h7-8H,2-6H2,1H3. The Balaban J connectivity index is 1.91. The zero-order chi connectivity index (χ0) is 7.23. The van der Waals surface area contributed by atoms with E-state index in [4.69, 9.17) is 9.57 Å². The SMILES string of the molecule is CONCCC1CCCO1. The third-order valence-electron chi connectivity index (χ3n) is 1.74. The van der Waals surface area contributed by atoms with E-state index < -0.39 is 0 Å². The van der Waals surface area contributed by atoms with Gasteiger partial charge in [-0.3, -0.25) is 0 Å². The van der Waals surface area contributed by atoms with Gasteiger partial charge in [0.05, 0.1) is 13.2 Å². The minimum Gasteiger partial charge on any atom is -0.378 e. The van der Waals surface area contributed by atoms with E-state index in [1.807, 2.05) is 0 Å². The van der Waals surface area contributed by atoms with Crippen LogP contribution in [0.3, 0.4) is 0 Å². The molecule has 0 spiro atoms. The van der Waals surface area contributed by atoms with Crippen LogP contribution in [0.15, 0.2) is 0 Å². The van der Waals surface area contributed by atoms with Crippen molar-refractivity contribution < 1.29 is 9.57 Å². The van der Waals surface area contributed by atoms with Crippen LogP contribution >= 0.6 is 0 Å². The maximum absolute atomic E-state index is 5.40. The van der Waals surface area contributed by atoms with Gasteiger partial charge in [0.15, 0.2) is 0 Å². The molecule has 0 bridgehead atoms. The normalized spacial score (nSPS) is 25.5. The zero-order valence-corrected chi connectivity index (χ0v) is 6.43. The quantitative estimate of drug-likeness (QED) is 0.466. The number of rotatable bonds is 4. The Bertz CT molecular complexity index is 81.7. The van der Waals surface area contributed by atoms with Crippen LogP contribution in [-0.2, 0) is 9.57 Å². The number of hydroxylamine groups is 1. The van der Waals surface area contributed by atoms with Gasteiger partial charge in [-0.15, -0.1) is 0 Å². The molecule has 0 aromatic heterocycles. The van der Waals surface area contributed by atoms with Crippen molar-refractivity contribution in [3.8, 4) is 0 Å². The van der Waals surface area contributed by atoms with Crippen molar-refractivity contribution in [1.82, 2.24) is 5.48 Å². The summed E-state index contributed by atoms with van der Waals surface area (Å²) in [6.07, 6.45) is 3.97. The average Bonchev–Trinajstić information content (AvgIpc) is 2.41. The first-order chi connectivity index (χ1) is 4.93. The van der Waals surface area contributed by atoms with E-state index in [1.54, 1.807) is 7.11 Å². The summed E-state index contributed by atoms with van der Waals surface area (Å²) >= 11 is 0. The van der Waals surface area contributed by atoms with Gasteiger partial charge < -0.3 is 9.57 Å². The van der Waals surface area contributed by atoms with Crippen LogP contribution < -0.4 is 5.48 Å². The molecular formula is C7H15NO2. The van der Waals surface area contributed by atoms with Gasteiger partial charge in [0, 0.05) is 13.2 Å². The molecule has 0 aromatic carbocycles. The number of hydrogen-bond donors (Lipinski definition) is 1. The Hall–Kier alpha value is -0.120. The second-order valence-corrected chi connectivity index (χ2v) is 2.52. The fraction of sp³-hybridized carbons (Fsp3) is 1.00. The largest absolute Gasteiger partial charge is 0.378 e. The Labute approximate surface area is 61.7 Å². The highest BCUT2D eigenvalue weighted by Crippen LogP contribution is 2.14. The highest BCUT2D eigenvalue weighted by Gasteiger charge is 2.13. The van der Waals surface area contributed by atoms with E-state index in [1.165, 1.54) is 12.8 Å². The highest BCUT2D eigenvalue weighted by atomic mass is 16.6. The van der Waals surface area contributed by atoms with Crippen molar-refractivity contribution >= 4 is 0 Å². The summed E-state index contributed by atoms with van der Waals surface area (Å²) < 4.78 is 5.40. The molecule has 3 heteroatoms. The molecule has 3 nitrogen and oxygen atoms in total. The van der Waals surface area contributed by atoms with Crippen molar-refractivity contribution in [2.24, 2.45) is 0 Å². The van der Waals surface area contributed by atoms with E-state index in [2.05, 4.69) is 5.48 Å². The van der Waals surface area contributed by atoms with Crippen LogP contribution in [0, 0.1) is 0 Å². The molecule has 0 aliphatic carbocycles. The highest BCUT2D eigenvalue weighted by molar-refractivity contribution is 4.64. The van der Waals surface area contributed by atoms with Crippen LogP contribution in [-0.4, -0.2) is 26.4 Å². The first-order valence-corrected chi connectivity index (χ1v) is 3.81. The predicted molar refractivity (Wildman–Crippen MR) is 38.6 cm³/mol. The van der Waals surface area contributed by atoms with Gasteiger partial charge in [0.2, 0.25) is 0 Å². The Kier molecular flexibility index (Phi) is 3.72. The van der Waals surface area contributed by atoms with E-state index in [-0.39, 0.29) is 0 Å². The third-order valence-corrected chi connectivity index (χ3v) is 1.74. The van der Waals surface area contributed by atoms with Crippen LogP contribution in [0.4, 0.5) is 0 Å². The summed E-state index contributed by atoms with van der Waals surface area (Å²) in [7, 11) is 1.63. The minimum atomic E-state index is 0.475. The zero-order valence-electron chi connectivity index (χ0n) is 6.43. The van der Waals surface area contributed by atoms with Gasteiger partial charge in [0.25, 0.3) is 0 Å². The van der Waals surface area contributed by atoms with Gasteiger partial charge in [0.1, 0.15) is 0 Å². The lowest BCUT2D eigenvalue weighted by Gasteiger charge is -2.07. The maximum atomic E-state index is 5.40. The summed E-state index contributed by atoms with van der Waals surface area (Å²) in [6.45, 7) is 1.83. The third kappa shape index (κ3) is 2.64. The van der Waals surface area contributed by atoms with Crippen molar-refractivity contribution in [3.05, 3.63) is 0 Å². The number of nitrogens with one attached hydrogen (secondary N) is 1. The minimum absolute atomic E-state index is 0.475. The Morgan fingerprint density at radius 3 is 3.20 bits per heavy atom. The lowest BCUT2D eigenvalue weighted by atomic mass is 10.2. The van der Waals surface area contributed by atoms with Crippen molar-refractivity contribution in [3.63, 3.8) is 0 Å². The van der Waals surface area contributed by atoms with Crippen LogP contribution in [0.5, 0.6) is 0 Å². The van der Waals surface area contributed by atoms with Crippen LogP contribution in [0.25, 0.3) is 0 Å². The van der Waals surface area contributed by atoms with Gasteiger partial charge in [-0.05, 0) is 19.3 Å². The molecule has 0 radical (unpaired) electrons. The molecule has 10 heavy (non-hydrogen) atoms. The lowest BCUT2D eigenvalue weighted by molar-refractivity contribution is 0.0616. The van der Waals surface area contributed by atoms with Gasteiger partial charge in [-0.2, -0.15) is 0 Å². The van der Waals surface area contributed by atoms with Crippen LogP contribution in [0.2, 0.25) is 0 Å². The molecule has 1 rings (SSSR count). The fourth-order valence-electron chi connectivity index (χ4n) is 1.19. The molecule has 1 saturated heterocycles. The second kappa shape index (κ2) is 4.66. The smallest absolute Gasteiger partial charge is 0.0589 e. The van der Waals surface area contributed by atoms with Gasteiger partial charge >= 0.3 is 0 Å². The number of hydrogen-bond acceptors (Lipinski definition) is 3. The molecule has 1 unspecified atom stereocenters. The first kappa shape index (κ1) is 7.98. The van der Waals surface area contributed by atoms with Crippen molar-refractivity contribution in [2.45, 2.75) is 25.4 Å². The topological polar surface area (TPSA) is 30.5 Å². The Morgan fingerprint density at radius 2 is 2.60 bits per heavy atom. The molecule has 1 heterocycles. The summed E-state index contributed by atoms with van der Waals surface area (Å²) in [4.78, 5) is 4.70. The molecule has 0 aromatic rings. The summed E-state index contributed by atoms with van der Waals surface area (Å²) in [5, 5.41) is 0. The molecule has 1 atom stereocenters. The first-order valence-electron chi connectivity index (χ1n) is 3.81. The molecule has 60 valence electrons. The lowest BCUT2D eigenvalue weighted by Crippen LogP contribution is -2.18. The molecule has 1 aliphatic heterocycles.